The summed E-state index contributed by atoms with van der Waals surface area (Å²) >= 11 is 0. The molecule has 180 valence electrons. The van der Waals surface area contributed by atoms with Gasteiger partial charge >= 0.3 is 0 Å². The van der Waals surface area contributed by atoms with Crippen LogP contribution in [0.1, 0.15) is 29.7 Å². The Morgan fingerprint density at radius 2 is 1.62 bits per heavy atom. The van der Waals surface area contributed by atoms with Crippen LogP contribution in [-0.4, -0.2) is 35.1 Å². The van der Waals surface area contributed by atoms with Crippen LogP contribution in [0.5, 0.6) is 11.5 Å². The predicted octanol–water partition coefficient (Wildman–Crippen LogP) is 4.39. The normalized spacial score (nSPS) is 12.0. The van der Waals surface area contributed by atoms with E-state index >= 15 is 0 Å². The van der Waals surface area contributed by atoms with Crippen LogP contribution in [0.15, 0.2) is 71.6 Å². The van der Waals surface area contributed by atoms with Gasteiger partial charge in [0.15, 0.2) is 0 Å². The summed E-state index contributed by atoms with van der Waals surface area (Å²) in [5.41, 5.74) is 3.50. The largest absolute Gasteiger partial charge is 0.497 e. The maximum atomic E-state index is 13.6. The molecule has 34 heavy (non-hydrogen) atoms. The quantitative estimate of drug-likeness (QED) is 0.489. The first-order chi connectivity index (χ1) is 16.2. The second-order valence-electron chi connectivity index (χ2n) is 7.99. The van der Waals surface area contributed by atoms with E-state index in [1.165, 1.54) is 26.4 Å². The zero-order valence-corrected chi connectivity index (χ0v) is 20.8. The zero-order valence-electron chi connectivity index (χ0n) is 20.0. The summed E-state index contributed by atoms with van der Waals surface area (Å²) in [7, 11) is -1.12. The molecule has 0 aliphatic carbocycles. The lowest BCUT2D eigenvalue weighted by atomic mass is 10.0. The standard InChI is InChI=1S/C26H30N2O5S/c1-18-10-11-21(16-19(18)2)20(3)27-26(29)17-28(24-8-6-7-9-25(24)33-5)34(30,31)23-14-12-22(32-4)13-15-23/h6-16,20H,17H2,1-5H3,(H,27,29). The molecule has 0 aliphatic heterocycles. The highest BCUT2D eigenvalue weighted by molar-refractivity contribution is 7.92. The minimum absolute atomic E-state index is 0.0363. The second kappa shape index (κ2) is 10.6. The number of rotatable bonds is 9. The van der Waals surface area contributed by atoms with Gasteiger partial charge < -0.3 is 14.8 Å². The van der Waals surface area contributed by atoms with Gasteiger partial charge in [-0.2, -0.15) is 0 Å². The number of aryl methyl sites for hydroxylation is 2. The van der Waals surface area contributed by atoms with Crippen molar-refractivity contribution in [2.24, 2.45) is 0 Å². The van der Waals surface area contributed by atoms with Gasteiger partial charge in [-0.3, -0.25) is 9.10 Å². The molecule has 0 aliphatic rings. The fourth-order valence-electron chi connectivity index (χ4n) is 3.55. The molecule has 1 unspecified atom stereocenters. The maximum Gasteiger partial charge on any atom is 0.264 e. The highest BCUT2D eigenvalue weighted by Crippen LogP contribution is 2.32. The average Bonchev–Trinajstić information content (AvgIpc) is 2.84. The van der Waals surface area contributed by atoms with Crippen molar-refractivity contribution < 1.29 is 22.7 Å². The molecule has 0 spiro atoms. The molecule has 8 heteroatoms. The third kappa shape index (κ3) is 5.51. The van der Waals surface area contributed by atoms with E-state index in [-0.39, 0.29) is 16.6 Å². The first kappa shape index (κ1) is 25.1. The van der Waals surface area contributed by atoms with Crippen LogP contribution < -0.4 is 19.1 Å². The van der Waals surface area contributed by atoms with Crippen molar-refractivity contribution in [2.75, 3.05) is 25.1 Å². The Morgan fingerprint density at radius 1 is 0.941 bits per heavy atom. The van der Waals surface area contributed by atoms with E-state index in [0.29, 0.717) is 11.5 Å². The second-order valence-corrected chi connectivity index (χ2v) is 9.85. The Morgan fingerprint density at radius 3 is 2.24 bits per heavy atom. The molecule has 0 heterocycles. The highest BCUT2D eigenvalue weighted by Gasteiger charge is 2.29. The van der Waals surface area contributed by atoms with Crippen molar-refractivity contribution in [3.05, 3.63) is 83.4 Å². The highest BCUT2D eigenvalue weighted by atomic mass is 32.2. The van der Waals surface area contributed by atoms with Gasteiger partial charge in [0.1, 0.15) is 18.0 Å². The number of benzene rings is 3. The molecule has 1 atom stereocenters. The van der Waals surface area contributed by atoms with Gasteiger partial charge in [-0.15, -0.1) is 0 Å². The number of amides is 1. The van der Waals surface area contributed by atoms with Crippen LogP contribution >= 0.6 is 0 Å². The Hall–Kier alpha value is -3.52. The van der Waals surface area contributed by atoms with Crippen molar-refractivity contribution in [1.82, 2.24) is 5.32 Å². The van der Waals surface area contributed by atoms with Gasteiger partial charge in [0.2, 0.25) is 5.91 Å². The lowest BCUT2D eigenvalue weighted by molar-refractivity contribution is -0.120. The van der Waals surface area contributed by atoms with E-state index in [1.54, 1.807) is 36.4 Å². The molecule has 3 aromatic rings. The Labute approximate surface area is 201 Å². The molecule has 0 aromatic heterocycles. The van der Waals surface area contributed by atoms with Crippen LogP contribution in [0.3, 0.4) is 0 Å². The summed E-state index contributed by atoms with van der Waals surface area (Å²) in [6.07, 6.45) is 0. The Kier molecular flexibility index (Phi) is 7.83. The number of hydrogen-bond acceptors (Lipinski definition) is 5. The minimum Gasteiger partial charge on any atom is -0.497 e. The van der Waals surface area contributed by atoms with Crippen LogP contribution in [0.4, 0.5) is 5.69 Å². The summed E-state index contributed by atoms with van der Waals surface area (Å²) < 4.78 is 38.8. The minimum atomic E-state index is -4.08. The first-order valence-electron chi connectivity index (χ1n) is 10.8. The van der Waals surface area contributed by atoms with E-state index in [4.69, 9.17) is 9.47 Å². The van der Waals surface area contributed by atoms with Crippen LogP contribution in [-0.2, 0) is 14.8 Å². The number of methoxy groups -OCH3 is 2. The maximum absolute atomic E-state index is 13.6. The van der Waals surface area contributed by atoms with E-state index < -0.39 is 22.5 Å². The summed E-state index contributed by atoms with van der Waals surface area (Å²) in [5.74, 6) is 0.436. The van der Waals surface area contributed by atoms with Crippen molar-refractivity contribution >= 4 is 21.6 Å². The summed E-state index contributed by atoms with van der Waals surface area (Å²) in [6, 6.07) is 18.4. The molecular formula is C26H30N2O5S. The van der Waals surface area contributed by atoms with E-state index in [0.717, 1.165) is 21.0 Å². The third-order valence-corrected chi connectivity index (χ3v) is 7.47. The number of para-hydroxylation sites is 2. The van der Waals surface area contributed by atoms with Gasteiger partial charge in [-0.1, -0.05) is 30.3 Å². The molecule has 0 fully saturated rings. The van der Waals surface area contributed by atoms with Crippen molar-refractivity contribution in [2.45, 2.75) is 31.7 Å². The number of ether oxygens (including phenoxy) is 2. The van der Waals surface area contributed by atoms with Crippen LogP contribution in [0.25, 0.3) is 0 Å². The van der Waals surface area contributed by atoms with Gasteiger partial charge in [0.25, 0.3) is 10.0 Å². The van der Waals surface area contributed by atoms with Gasteiger partial charge in [0.05, 0.1) is 30.8 Å². The number of nitrogens with zero attached hydrogens (tertiary/aromatic N) is 1. The number of nitrogens with one attached hydrogen (secondary N) is 1. The fraction of sp³-hybridized carbons (Fsp3) is 0.269. The molecule has 0 saturated carbocycles. The summed E-state index contributed by atoms with van der Waals surface area (Å²) in [6.45, 7) is 5.49. The predicted molar refractivity (Wildman–Crippen MR) is 133 cm³/mol. The summed E-state index contributed by atoms with van der Waals surface area (Å²) in [5, 5.41) is 2.92. The molecule has 0 bridgehead atoms. The smallest absolute Gasteiger partial charge is 0.264 e. The molecule has 1 amide bonds. The monoisotopic (exact) mass is 482 g/mol. The number of anilines is 1. The average molecular weight is 483 g/mol. The Bertz CT molecular complexity index is 1260. The van der Waals surface area contributed by atoms with Crippen molar-refractivity contribution in [3.8, 4) is 11.5 Å². The summed E-state index contributed by atoms with van der Waals surface area (Å²) in [4.78, 5) is 13.1. The SMILES string of the molecule is COc1ccc(S(=O)(=O)N(CC(=O)NC(C)c2ccc(C)c(C)c2)c2ccccc2OC)cc1. The number of sulfonamides is 1. The van der Waals surface area contributed by atoms with Crippen LogP contribution in [0, 0.1) is 13.8 Å². The molecule has 3 aromatic carbocycles. The lowest BCUT2D eigenvalue weighted by Crippen LogP contribution is -2.41. The molecule has 7 nitrogen and oxygen atoms in total. The zero-order chi connectivity index (χ0) is 24.9. The molecular weight excluding hydrogens is 452 g/mol. The Balaban J connectivity index is 1.93. The van der Waals surface area contributed by atoms with Crippen LogP contribution in [0.2, 0.25) is 0 Å². The molecule has 0 radical (unpaired) electrons. The van der Waals surface area contributed by atoms with Crippen molar-refractivity contribution in [3.63, 3.8) is 0 Å². The number of carbonyl (C=O) groups is 1. The molecule has 3 rings (SSSR count). The van der Waals surface area contributed by atoms with E-state index in [1.807, 2.05) is 39.0 Å². The molecule has 0 saturated heterocycles. The van der Waals surface area contributed by atoms with E-state index in [2.05, 4.69) is 5.32 Å². The number of carbonyl (C=O) groups excluding carboxylic acids is 1. The van der Waals surface area contributed by atoms with Gasteiger partial charge in [-0.25, -0.2) is 8.42 Å². The first-order valence-corrected chi connectivity index (χ1v) is 12.3. The third-order valence-electron chi connectivity index (χ3n) is 5.70. The molecule has 1 N–H and O–H groups in total. The lowest BCUT2D eigenvalue weighted by Gasteiger charge is -2.26. The van der Waals surface area contributed by atoms with E-state index in [9.17, 15) is 13.2 Å². The fourth-order valence-corrected chi connectivity index (χ4v) is 4.98. The van der Waals surface area contributed by atoms with Gasteiger partial charge in [-0.05, 0) is 73.9 Å². The van der Waals surface area contributed by atoms with Crippen molar-refractivity contribution in [1.29, 1.82) is 0 Å². The van der Waals surface area contributed by atoms with Gasteiger partial charge in [0, 0.05) is 0 Å². The topological polar surface area (TPSA) is 84.9 Å². The number of hydrogen-bond donors (Lipinski definition) is 1.